The van der Waals surface area contributed by atoms with E-state index in [1.165, 1.54) is 38.3 Å². The maximum Gasteiger partial charge on any atom is 0.124 e. The summed E-state index contributed by atoms with van der Waals surface area (Å²) in [6, 6.07) is 5.91. The van der Waals surface area contributed by atoms with Crippen molar-refractivity contribution in [2.75, 3.05) is 19.6 Å². The number of hydrogen-bond donors (Lipinski definition) is 1. The minimum atomic E-state index is -0.152. The van der Waals surface area contributed by atoms with E-state index in [9.17, 15) is 4.39 Å². The van der Waals surface area contributed by atoms with E-state index >= 15 is 0 Å². The number of nitrogens with zero attached hydrogens (tertiary/aromatic N) is 1. The van der Waals surface area contributed by atoms with Crippen molar-refractivity contribution in [3.05, 3.63) is 34.1 Å². The predicted octanol–water partition coefficient (Wildman–Crippen LogP) is 3.55. The van der Waals surface area contributed by atoms with Gasteiger partial charge in [0.2, 0.25) is 0 Å². The monoisotopic (exact) mass is 340 g/mol. The molecule has 2 nitrogen and oxygen atoms in total. The third-order valence-corrected chi connectivity index (χ3v) is 5.00. The van der Waals surface area contributed by atoms with Crippen molar-refractivity contribution in [2.24, 2.45) is 5.92 Å². The van der Waals surface area contributed by atoms with Crippen molar-refractivity contribution in [3.8, 4) is 0 Å². The lowest BCUT2D eigenvalue weighted by Gasteiger charge is -2.35. The SMILES string of the molecule is Fc1cc(Br)cc(CN2CCCC(C3CCCN3)C2)c1. The van der Waals surface area contributed by atoms with Gasteiger partial charge in [-0.1, -0.05) is 15.9 Å². The number of piperidine rings is 1. The molecule has 2 aliphatic heterocycles. The normalized spacial score (nSPS) is 27.9. The minimum Gasteiger partial charge on any atom is -0.314 e. The average molecular weight is 341 g/mol. The Balaban J connectivity index is 1.61. The van der Waals surface area contributed by atoms with Crippen molar-refractivity contribution in [1.82, 2.24) is 10.2 Å². The van der Waals surface area contributed by atoms with Gasteiger partial charge in [0.05, 0.1) is 0 Å². The van der Waals surface area contributed by atoms with Gasteiger partial charge in [0.25, 0.3) is 0 Å². The number of nitrogens with one attached hydrogen (secondary N) is 1. The van der Waals surface area contributed by atoms with Gasteiger partial charge >= 0.3 is 0 Å². The molecule has 2 saturated heterocycles. The van der Waals surface area contributed by atoms with E-state index in [1.807, 2.05) is 6.07 Å². The van der Waals surface area contributed by atoms with Gasteiger partial charge in [-0.15, -0.1) is 0 Å². The second-order valence-corrected chi connectivity index (χ2v) is 7.03. The molecule has 20 heavy (non-hydrogen) atoms. The minimum absolute atomic E-state index is 0.152. The molecule has 1 aromatic carbocycles. The summed E-state index contributed by atoms with van der Waals surface area (Å²) in [7, 11) is 0. The molecule has 2 heterocycles. The lowest BCUT2D eigenvalue weighted by Crippen LogP contribution is -2.43. The highest BCUT2D eigenvalue weighted by atomic mass is 79.9. The maximum atomic E-state index is 13.4. The number of likely N-dealkylation sites (tertiary alicyclic amines) is 1. The number of halogens is 2. The zero-order valence-corrected chi connectivity index (χ0v) is 13.3. The van der Waals surface area contributed by atoms with E-state index in [2.05, 4.69) is 26.1 Å². The van der Waals surface area contributed by atoms with E-state index in [4.69, 9.17) is 0 Å². The van der Waals surface area contributed by atoms with E-state index in [1.54, 1.807) is 6.07 Å². The molecule has 2 atom stereocenters. The quantitative estimate of drug-likeness (QED) is 0.905. The lowest BCUT2D eigenvalue weighted by atomic mass is 9.89. The summed E-state index contributed by atoms with van der Waals surface area (Å²) >= 11 is 3.38. The van der Waals surface area contributed by atoms with E-state index in [0.717, 1.165) is 35.6 Å². The highest BCUT2D eigenvalue weighted by Crippen LogP contribution is 2.26. The van der Waals surface area contributed by atoms with Crippen molar-refractivity contribution in [3.63, 3.8) is 0 Å². The molecule has 1 N–H and O–H groups in total. The third-order valence-electron chi connectivity index (χ3n) is 4.54. The zero-order chi connectivity index (χ0) is 13.9. The maximum absolute atomic E-state index is 13.4. The fourth-order valence-electron chi connectivity index (χ4n) is 3.64. The van der Waals surface area contributed by atoms with Crippen LogP contribution in [-0.2, 0) is 6.54 Å². The Morgan fingerprint density at radius 3 is 2.90 bits per heavy atom. The first-order chi connectivity index (χ1) is 9.70. The molecule has 0 bridgehead atoms. The zero-order valence-electron chi connectivity index (χ0n) is 11.7. The van der Waals surface area contributed by atoms with Crippen molar-refractivity contribution < 1.29 is 4.39 Å². The van der Waals surface area contributed by atoms with Crippen LogP contribution in [0.1, 0.15) is 31.2 Å². The first kappa shape index (κ1) is 14.5. The van der Waals surface area contributed by atoms with Crippen molar-refractivity contribution in [2.45, 2.75) is 38.3 Å². The molecule has 0 aromatic heterocycles. The molecular weight excluding hydrogens is 319 g/mol. The van der Waals surface area contributed by atoms with Crippen LogP contribution in [-0.4, -0.2) is 30.6 Å². The van der Waals surface area contributed by atoms with Crippen LogP contribution in [0.4, 0.5) is 4.39 Å². The fraction of sp³-hybridized carbons (Fsp3) is 0.625. The molecule has 2 fully saturated rings. The van der Waals surface area contributed by atoms with Crippen molar-refractivity contribution in [1.29, 1.82) is 0 Å². The molecule has 0 spiro atoms. The van der Waals surface area contributed by atoms with Crippen LogP contribution in [0.5, 0.6) is 0 Å². The highest BCUT2D eigenvalue weighted by Gasteiger charge is 2.28. The smallest absolute Gasteiger partial charge is 0.124 e. The first-order valence-corrected chi connectivity index (χ1v) is 8.41. The molecule has 0 saturated carbocycles. The van der Waals surface area contributed by atoms with Gasteiger partial charge in [-0.2, -0.15) is 0 Å². The van der Waals surface area contributed by atoms with E-state index < -0.39 is 0 Å². The van der Waals surface area contributed by atoms with Crippen LogP contribution < -0.4 is 5.32 Å². The standard InChI is InChI=1S/C16H22BrFN2/c17-14-7-12(8-15(18)9-14)10-20-6-2-3-13(11-20)16-4-1-5-19-16/h7-9,13,16,19H,1-6,10-11H2. The second kappa shape index (κ2) is 6.54. The molecular formula is C16H22BrFN2. The average Bonchev–Trinajstić information content (AvgIpc) is 2.91. The Labute approximate surface area is 128 Å². The summed E-state index contributed by atoms with van der Waals surface area (Å²) in [4.78, 5) is 2.48. The Morgan fingerprint density at radius 2 is 2.15 bits per heavy atom. The number of rotatable bonds is 3. The van der Waals surface area contributed by atoms with Crippen LogP contribution in [0.2, 0.25) is 0 Å². The Morgan fingerprint density at radius 1 is 1.25 bits per heavy atom. The summed E-state index contributed by atoms with van der Waals surface area (Å²) in [6.07, 6.45) is 5.24. The molecule has 0 aliphatic carbocycles. The molecule has 3 rings (SSSR count). The molecule has 110 valence electrons. The predicted molar refractivity (Wildman–Crippen MR) is 83.1 cm³/mol. The molecule has 2 unspecified atom stereocenters. The largest absolute Gasteiger partial charge is 0.314 e. The Kier molecular flexibility index (Phi) is 4.74. The van der Waals surface area contributed by atoms with E-state index in [-0.39, 0.29) is 5.82 Å². The fourth-order valence-corrected chi connectivity index (χ4v) is 4.15. The summed E-state index contributed by atoms with van der Waals surface area (Å²) in [6.45, 7) is 4.32. The second-order valence-electron chi connectivity index (χ2n) is 6.12. The van der Waals surface area contributed by atoms with Gasteiger partial charge in [-0.05, 0) is 68.5 Å². The Bertz CT molecular complexity index is 440. The van der Waals surface area contributed by atoms with Crippen LogP contribution in [0.3, 0.4) is 0 Å². The summed E-state index contributed by atoms with van der Waals surface area (Å²) in [5, 5.41) is 3.63. The third kappa shape index (κ3) is 3.60. The topological polar surface area (TPSA) is 15.3 Å². The van der Waals surface area contributed by atoms with Gasteiger partial charge in [0.15, 0.2) is 0 Å². The number of benzene rings is 1. The van der Waals surface area contributed by atoms with Gasteiger partial charge in [0, 0.05) is 23.6 Å². The molecule has 0 amide bonds. The van der Waals surface area contributed by atoms with Crippen molar-refractivity contribution >= 4 is 15.9 Å². The van der Waals surface area contributed by atoms with Gasteiger partial charge in [-0.25, -0.2) is 4.39 Å². The van der Waals surface area contributed by atoms with E-state index in [0.29, 0.717) is 6.04 Å². The van der Waals surface area contributed by atoms with Crippen LogP contribution in [0, 0.1) is 11.7 Å². The van der Waals surface area contributed by atoms with Crippen LogP contribution in [0.15, 0.2) is 22.7 Å². The Hall–Kier alpha value is -0.450. The van der Waals surface area contributed by atoms with Gasteiger partial charge in [0.1, 0.15) is 5.82 Å². The van der Waals surface area contributed by atoms with Crippen LogP contribution >= 0.6 is 15.9 Å². The summed E-state index contributed by atoms with van der Waals surface area (Å²) < 4.78 is 14.3. The first-order valence-electron chi connectivity index (χ1n) is 7.61. The molecule has 1 aromatic rings. The lowest BCUT2D eigenvalue weighted by molar-refractivity contribution is 0.145. The number of hydrogen-bond acceptors (Lipinski definition) is 2. The van der Waals surface area contributed by atoms with Gasteiger partial charge in [-0.3, -0.25) is 4.90 Å². The molecule has 0 radical (unpaired) electrons. The summed E-state index contributed by atoms with van der Waals surface area (Å²) in [5.74, 6) is 0.614. The molecule has 4 heteroatoms. The molecule has 2 aliphatic rings. The summed E-state index contributed by atoms with van der Waals surface area (Å²) in [5.41, 5.74) is 1.07. The van der Waals surface area contributed by atoms with Crippen LogP contribution in [0.25, 0.3) is 0 Å². The van der Waals surface area contributed by atoms with Gasteiger partial charge < -0.3 is 5.32 Å². The highest BCUT2D eigenvalue weighted by molar-refractivity contribution is 9.10.